The van der Waals surface area contributed by atoms with E-state index in [1.54, 1.807) is 0 Å². The third-order valence-electron chi connectivity index (χ3n) is 8.24. The van der Waals surface area contributed by atoms with E-state index in [1.807, 2.05) is 26.0 Å². The normalized spacial score (nSPS) is 36.6. The Morgan fingerprint density at radius 3 is 2.56 bits per heavy atom. The summed E-state index contributed by atoms with van der Waals surface area (Å²) < 4.78 is 10.5. The van der Waals surface area contributed by atoms with E-state index >= 15 is 0 Å². The summed E-state index contributed by atoms with van der Waals surface area (Å²) >= 11 is 0. The van der Waals surface area contributed by atoms with Crippen LogP contribution in [0.25, 0.3) is 0 Å². The van der Waals surface area contributed by atoms with Gasteiger partial charge in [0, 0.05) is 31.6 Å². The average molecular weight is 441 g/mol. The molecule has 0 saturated heterocycles. The number of carbonyl (C=O) groups excluding carboxylic acids is 4. The quantitative estimate of drug-likeness (QED) is 0.665. The number of fused-ring (bicyclic) bond motifs is 3. The maximum atomic E-state index is 13.7. The van der Waals surface area contributed by atoms with Gasteiger partial charge in [0.05, 0.1) is 13.0 Å². The molecule has 0 aliphatic heterocycles. The molecule has 172 valence electrons. The molecule has 0 N–H and O–H groups in total. The van der Waals surface area contributed by atoms with Gasteiger partial charge in [-0.3, -0.25) is 19.2 Å². The van der Waals surface area contributed by atoms with Crippen LogP contribution < -0.4 is 0 Å². The SMILES string of the molecule is COC(=O)[C@@H]1C[C@H](OC(C)=O)C(=O)[C@@H]2[C@H]3C[C@@H](c4cccc(C)c4)CC(=O)[C@@H]3CC[C@]21C. The molecule has 3 saturated carbocycles. The smallest absolute Gasteiger partial charge is 0.309 e. The fourth-order valence-electron chi connectivity index (χ4n) is 6.78. The molecule has 4 rings (SSSR count). The Kier molecular flexibility index (Phi) is 5.99. The standard InChI is InChI=1S/C26H32O6/c1-14-6-5-7-16(10-14)17-11-19-18(21(28)12-17)8-9-26(3)20(25(30)31-4)13-22(32-15(2)27)24(29)23(19)26/h5-7,10,17-20,22-23H,8-9,11-13H2,1-4H3/t17-,18-,19+,20+,22+,23+,26+/m1/s1. The summed E-state index contributed by atoms with van der Waals surface area (Å²) in [5.41, 5.74) is 1.64. The van der Waals surface area contributed by atoms with Crippen molar-refractivity contribution in [1.29, 1.82) is 0 Å². The van der Waals surface area contributed by atoms with E-state index in [0.717, 1.165) is 11.1 Å². The first-order chi connectivity index (χ1) is 15.2. The number of benzene rings is 1. The van der Waals surface area contributed by atoms with Gasteiger partial charge < -0.3 is 9.47 Å². The lowest BCUT2D eigenvalue weighted by atomic mass is 9.46. The summed E-state index contributed by atoms with van der Waals surface area (Å²) in [4.78, 5) is 51.4. The third kappa shape index (κ3) is 3.78. The van der Waals surface area contributed by atoms with E-state index in [-0.39, 0.29) is 41.7 Å². The predicted octanol–water partition coefficient (Wildman–Crippen LogP) is 3.78. The first-order valence-corrected chi connectivity index (χ1v) is 11.5. The van der Waals surface area contributed by atoms with Crippen LogP contribution in [-0.2, 0) is 28.7 Å². The molecule has 3 fully saturated rings. The zero-order valence-electron chi connectivity index (χ0n) is 19.3. The van der Waals surface area contributed by atoms with Crippen molar-refractivity contribution in [3.05, 3.63) is 35.4 Å². The number of ether oxygens (including phenoxy) is 2. The second-order valence-electron chi connectivity index (χ2n) is 10.1. The fraction of sp³-hybridized carbons (Fsp3) is 0.615. The van der Waals surface area contributed by atoms with E-state index < -0.39 is 29.3 Å². The summed E-state index contributed by atoms with van der Waals surface area (Å²) in [5, 5.41) is 0. The van der Waals surface area contributed by atoms with Crippen molar-refractivity contribution in [3.8, 4) is 0 Å². The molecule has 3 aliphatic rings. The van der Waals surface area contributed by atoms with Gasteiger partial charge in [-0.1, -0.05) is 36.8 Å². The molecule has 0 spiro atoms. The van der Waals surface area contributed by atoms with Gasteiger partial charge in [0.1, 0.15) is 5.78 Å². The van der Waals surface area contributed by atoms with Gasteiger partial charge in [-0.2, -0.15) is 0 Å². The predicted molar refractivity (Wildman–Crippen MR) is 117 cm³/mol. The highest BCUT2D eigenvalue weighted by Gasteiger charge is 2.62. The topological polar surface area (TPSA) is 86.7 Å². The molecule has 6 nitrogen and oxygen atoms in total. The van der Waals surface area contributed by atoms with Crippen molar-refractivity contribution in [3.63, 3.8) is 0 Å². The molecule has 7 atom stereocenters. The van der Waals surface area contributed by atoms with Crippen LogP contribution in [-0.4, -0.2) is 36.7 Å². The number of Topliss-reactive ketones (excluding diaryl/α,β-unsaturated/α-hetero) is 2. The van der Waals surface area contributed by atoms with Crippen molar-refractivity contribution < 1.29 is 28.7 Å². The number of methoxy groups -OCH3 is 1. The molecule has 6 heteroatoms. The first-order valence-electron chi connectivity index (χ1n) is 11.5. The molecule has 0 aromatic heterocycles. The van der Waals surface area contributed by atoms with Crippen molar-refractivity contribution in [2.45, 2.75) is 64.9 Å². The van der Waals surface area contributed by atoms with Gasteiger partial charge in [0.15, 0.2) is 11.9 Å². The zero-order chi connectivity index (χ0) is 23.2. The van der Waals surface area contributed by atoms with Gasteiger partial charge in [0.2, 0.25) is 0 Å². The lowest BCUT2D eigenvalue weighted by Crippen LogP contribution is -2.60. The highest BCUT2D eigenvalue weighted by Crippen LogP contribution is 2.60. The Hall–Kier alpha value is -2.50. The first kappa shape index (κ1) is 22.7. The number of rotatable bonds is 3. The molecule has 1 aromatic rings. The van der Waals surface area contributed by atoms with Crippen molar-refractivity contribution in [1.82, 2.24) is 0 Å². The molecule has 32 heavy (non-hydrogen) atoms. The van der Waals surface area contributed by atoms with E-state index in [0.29, 0.717) is 25.7 Å². The Morgan fingerprint density at radius 1 is 1.16 bits per heavy atom. The average Bonchev–Trinajstić information content (AvgIpc) is 2.74. The molecular formula is C26H32O6. The Balaban J connectivity index is 1.73. The lowest BCUT2D eigenvalue weighted by molar-refractivity contribution is -0.183. The molecule has 3 aliphatic carbocycles. The lowest BCUT2D eigenvalue weighted by Gasteiger charge is -2.56. The minimum absolute atomic E-state index is 0.0458. The number of carbonyl (C=O) groups is 4. The maximum absolute atomic E-state index is 13.7. The summed E-state index contributed by atoms with van der Waals surface area (Å²) in [7, 11) is 1.35. The summed E-state index contributed by atoms with van der Waals surface area (Å²) in [6, 6.07) is 8.20. The monoisotopic (exact) mass is 440 g/mol. The Bertz CT molecular complexity index is 951. The number of esters is 2. The van der Waals surface area contributed by atoms with Gasteiger partial charge in [-0.15, -0.1) is 0 Å². The van der Waals surface area contributed by atoms with E-state index in [2.05, 4.69) is 12.1 Å². The van der Waals surface area contributed by atoms with Gasteiger partial charge in [0.25, 0.3) is 0 Å². The van der Waals surface area contributed by atoms with Crippen LogP contribution >= 0.6 is 0 Å². The molecule has 0 amide bonds. The van der Waals surface area contributed by atoms with Crippen molar-refractivity contribution in [2.24, 2.45) is 29.1 Å². The third-order valence-corrected chi connectivity index (χ3v) is 8.24. The minimum Gasteiger partial charge on any atom is -0.469 e. The van der Waals surface area contributed by atoms with Crippen LogP contribution in [0, 0.1) is 36.0 Å². The molecule has 1 aromatic carbocycles. The molecule has 0 radical (unpaired) electrons. The minimum atomic E-state index is -0.970. The Labute approximate surface area is 189 Å². The summed E-state index contributed by atoms with van der Waals surface area (Å²) in [6.45, 7) is 5.29. The summed E-state index contributed by atoms with van der Waals surface area (Å²) in [5.74, 6) is -2.23. The highest BCUT2D eigenvalue weighted by molar-refractivity contribution is 5.93. The second-order valence-corrected chi connectivity index (χ2v) is 10.1. The van der Waals surface area contributed by atoms with Gasteiger partial charge >= 0.3 is 11.9 Å². The largest absolute Gasteiger partial charge is 0.469 e. The fourth-order valence-corrected chi connectivity index (χ4v) is 6.78. The second kappa shape index (κ2) is 8.45. The number of hydrogen-bond donors (Lipinski definition) is 0. The van der Waals surface area contributed by atoms with Crippen LogP contribution in [0.15, 0.2) is 24.3 Å². The van der Waals surface area contributed by atoms with E-state index in [1.165, 1.54) is 14.0 Å². The number of hydrogen-bond acceptors (Lipinski definition) is 6. The van der Waals surface area contributed by atoms with Crippen LogP contribution in [0.1, 0.15) is 63.0 Å². The van der Waals surface area contributed by atoms with Crippen LogP contribution in [0.3, 0.4) is 0 Å². The van der Waals surface area contributed by atoms with Crippen LogP contribution in [0.5, 0.6) is 0 Å². The molecule has 0 heterocycles. The summed E-state index contributed by atoms with van der Waals surface area (Å²) in [6.07, 6.45) is 1.66. The van der Waals surface area contributed by atoms with Gasteiger partial charge in [-0.05, 0) is 49.0 Å². The molecule has 0 bridgehead atoms. The van der Waals surface area contributed by atoms with Crippen molar-refractivity contribution >= 4 is 23.5 Å². The van der Waals surface area contributed by atoms with Crippen LogP contribution in [0.2, 0.25) is 0 Å². The molecular weight excluding hydrogens is 408 g/mol. The van der Waals surface area contributed by atoms with Gasteiger partial charge in [-0.25, -0.2) is 0 Å². The van der Waals surface area contributed by atoms with Crippen molar-refractivity contribution in [2.75, 3.05) is 7.11 Å². The highest BCUT2D eigenvalue weighted by atomic mass is 16.5. The Morgan fingerprint density at radius 2 is 1.91 bits per heavy atom. The number of aryl methyl sites for hydroxylation is 1. The van der Waals surface area contributed by atoms with E-state index in [4.69, 9.17) is 9.47 Å². The molecule has 0 unspecified atom stereocenters. The number of ketones is 2. The zero-order valence-corrected chi connectivity index (χ0v) is 19.3. The van der Waals surface area contributed by atoms with E-state index in [9.17, 15) is 19.2 Å². The van der Waals surface area contributed by atoms with Crippen LogP contribution in [0.4, 0.5) is 0 Å². The maximum Gasteiger partial charge on any atom is 0.309 e.